The lowest BCUT2D eigenvalue weighted by Gasteiger charge is -2.18. The van der Waals surface area contributed by atoms with Crippen LogP contribution in [0.3, 0.4) is 0 Å². The molecular formula is C21H39IN4O. The summed E-state index contributed by atoms with van der Waals surface area (Å²) in [6.07, 6.45) is 3.48. The minimum absolute atomic E-state index is 0. The van der Waals surface area contributed by atoms with Crippen molar-refractivity contribution in [1.82, 2.24) is 15.5 Å². The summed E-state index contributed by atoms with van der Waals surface area (Å²) in [5, 5.41) is 6.74. The van der Waals surface area contributed by atoms with Crippen molar-refractivity contribution in [3.8, 4) is 0 Å². The number of aliphatic imine (C=N–C) groups is 1. The van der Waals surface area contributed by atoms with Crippen molar-refractivity contribution in [2.24, 2.45) is 4.99 Å². The first-order chi connectivity index (χ1) is 12.7. The highest BCUT2D eigenvalue weighted by molar-refractivity contribution is 14.0. The summed E-state index contributed by atoms with van der Waals surface area (Å²) < 4.78 is 5.90. The number of nitrogens with one attached hydrogen (secondary N) is 2. The Hall–Kier alpha value is -0.860. The zero-order chi connectivity index (χ0) is 19.0. The molecule has 0 amide bonds. The standard InChI is InChI=1S/C21H38N4O.HI/c1-5-25(6-2)17-11-10-15-23-21(22-4)24-16-12-18-26-19(3)20-13-8-7-9-14-20;/h7-9,13-14,19H,5-6,10-12,15-18H2,1-4H3,(H2,22,23,24);1H. The fourth-order valence-electron chi connectivity index (χ4n) is 2.79. The number of nitrogens with zero attached hydrogens (tertiary/aromatic N) is 2. The Morgan fingerprint density at radius 3 is 2.26 bits per heavy atom. The van der Waals surface area contributed by atoms with E-state index in [1.165, 1.54) is 18.5 Å². The molecular weight excluding hydrogens is 451 g/mol. The number of unbranched alkanes of at least 4 members (excludes halogenated alkanes) is 1. The molecule has 1 unspecified atom stereocenters. The lowest BCUT2D eigenvalue weighted by molar-refractivity contribution is 0.0646. The highest BCUT2D eigenvalue weighted by Gasteiger charge is 2.04. The van der Waals surface area contributed by atoms with Gasteiger partial charge in [-0.1, -0.05) is 44.2 Å². The van der Waals surface area contributed by atoms with Crippen LogP contribution in [0.25, 0.3) is 0 Å². The van der Waals surface area contributed by atoms with Crippen LogP contribution < -0.4 is 10.6 Å². The third kappa shape index (κ3) is 12.3. The van der Waals surface area contributed by atoms with Crippen LogP contribution in [0.15, 0.2) is 35.3 Å². The summed E-state index contributed by atoms with van der Waals surface area (Å²) >= 11 is 0. The molecule has 0 saturated heterocycles. The predicted molar refractivity (Wildman–Crippen MR) is 127 cm³/mol. The van der Waals surface area contributed by atoms with E-state index < -0.39 is 0 Å². The van der Waals surface area contributed by atoms with Gasteiger partial charge in [-0.3, -0.25) is 4.99 Å². The summed E-state index contributed by atoms with van der Waals surface area (Å²) in [7, 11) is 1.82. The molecule has 0 saturated carbocycles. The van der Waals surface area contributed by atoms with Crippen molar-refractivity contribution < 1.29 is 4.74 Å². The van der Waals surface area contributed by atoms with Gasteiger partial charge in [0.1, 0.15) is 0 Å². The van der Waals surface area contributed by atoms with Gasteiger partial charge in [-0.15, -0.1) is 24.0 Å². The number of halogens is 1. The zero-order valence-corrected chi connectivity index (χ0v) is 19.9. The molecule has 1 aromatic carbocycles. The van der Waals surface area contributed by atoms with Crippen LogP contribution in [-0.4, -0.2) is 57.2 Å². The van der Waals surface area contributed by atoms with Crippen molar-refractivity contribution in [2.75, 3.05) is 46.4 Å². The summed E-state index contributed by atoms with van der Waals surface area (Å²) in [5.41, 5.74) is 1.22. The molecule has 0 fully saturated rings. The van der Waals surface area contributed by atoms with Crippen molar-refractivity contribution >= 4 is 29.9 Å². The number of ether oxygens (including phenoxy) is 1. The number of guanidine groups is 1. The highest BCUT2D eigenvalue weighted by atomic mass is 127. The van der Waals surface area contributed by atoms with Crippen molar-refractivity contribution in [3.05, 3.63) is 35.9 Å². The second-order valence-electron chi connectivity index (χ2n) is 6.44. The summed E-state index contributed by atoms with van der Waals surface area (Å²) in [5.74, 6) is 0.879. The first kappa shape index (κ1) is 26.1. The average Bonchev–Trinajstić information content (AvgIpc) is 2.69. The van der Waals surface area contributed by atoms with E-state index in [1.807, 2.05) is 13.1 Å². The molecule has 1 aromatic rings. The Bertz CT molecular complexity index is 480. The van der Waals surface area contributed by atoms with E-state index in [4.69, 9.17) is 4.74 Å². The number of hydrogen-bond acceptors (Lipinski definition) is 3. The minimum Gasteiger partial charge on any atom is -0.374 e. The van der Waals surface area contributed by atoms with Gasteiger partial charge in [0, 0.05) is 26.7 Å². The van der Waals surface area contributed by atoms with E-state index in [9.17, 15) is 0 Å². The quantitative estimate of drug-likeness (QED) is 0.190. The van der Waals surface area contributed by atoms with E-state index in [2.05, 4.69) is 65.6 Å². The molecule has 1 rings (SSSR count). The Morgan fingerprint density at radius 1 is 1.04 bits per heavy atom. The van der Waals surface area contributed by atoms with Crippen LogP contribution in [0.5, 0.6) is 0 Å². The summed E-state index contributed by atoms with van der Waals surface area (Å²) in [6, 6.07) is 10.3. The molecule has 5 nitrogen and oxygen atoms in total. The van der Waals surface area contributed by atoms with Crippen LogP contribution in [0.2, 0.25) is 0 Å². The number of hydrogen-bond donors (Lipinski definition) is 2. The van der Waals surface area contributed by atoms with Gasteiger partial charge in [-0.2, -0.15) is 0 Å². The third-order valence-corrected chi connectivity index (χ3v) is 4.56. The van der Waals surface area contributed by atoms with Crippen molar-refractivity contribution in [1.29, 1.82) is 0 Å². The molecule has 2 N–H and O–H groups in total. The fourth-order valence-corrected chi connectivity index (χ4v) is 2.79. The van der Waals surface area contributed by atoms with Gasteiger partial charge in [0.05, 0.1) is 6.10 Å². The lowest BCUT2D eigenvalue weighted by Crippen LogP contribution is -2.38. The molecule has 0 bridgehead atoms. The van der Waals surface area contributed by atoms with E-state index in [0.29, 0.717) is 0 Å². The largest absolute Gasteiger partial charge is 0.374 e. The Kier molecular flexibility index (Phi) is 16.7. The van der Waals surface area contributed by atoms with Crippen LogP contribution >= 0.6 is 24.0 Å². The maximum Gasteiger partial charge on any atom is 0.190 e. The van der Waals surface area contributed by atoms with Crippen LogP contribution in [0, 0.1) is 0 Å². The molecule has 27 heavy (non-hydrogen) atoms. The number of rotatable bonds is 13. The molecule has 0 heterocycles. The first-order valence-electron chi connectivity index (χ1n) is 10.0. The topological polar surface area (TPSA) is 48.9 Å². The molecule has 0 aromatic heterocycles. The molecule has 0 aliphatic carbocycles. The van der Waals surface area contributed by atoms with Gasteiger partial charge in [0.2, 0.25) is 0 Å². The maximum atomic E-state index is 5.90. The zero-order valence-electron chi connectivity index (χ0n) is 17.5. The number of benzene rings is 1. The summed E-state index contributed by atoms with van der Waals surface area (Å²) in [6.45, 7) is 12.6. The van der Waals surface area contributed by atoms with E-state index >= 15 is 0 Å². The Balaban J connectivity index is 0.00000676. The van der Waals surface area contributed by atoms with Gasteiger partial charge in [0.15, 0.2) is 5.96 Å². The SMILES string of the molecule is CCN(CC)CCCCNC(=NC)NCCCOC(C)c1ccccc1.I. The second kappa shape index (κ2) is 17.3. The molecule has 0 radical (unpaired) electrons. The smallest absolute Gasteiger partial charge is 0.190 e. The average molecular weight is 490 g/mol. The van der Waals surface area contributed by atoms with Crippen LogP contribution in [0.4, 0.5) is 0 Å². The second-order valence-corrected chi connectivity index (χ2v) is 6.44. The monoisotopic (exact) mass is 490 g/mol. The molecule has 6 heteroatoms. The highest BCUT2D eigenvalue weighted by Crippen LogP contribution is 2.15. The van der Waals surface area contributed by atoms with Gasteiger partial charge in [-0.25, -0.2) is 0 Å². The Morgan fingerprint density at radius 2 is 1.67 bits per heavy atom. The van der Waals surface area contributed by atoms with Gasteiger partial charge < -0.3 is 20.3 Å². The van der Waals surface area contributed by atoms with Crippen LogP contribution in [0.1, 0.15) is 51.7 Å². The lowest BCUT2D eigenvalue weighted by atomic mass is 10.1. The molecule has 156 valence electrons. The molecule has 0 spiro atoms. The fraction of sp³-hybridized carbons (Fsp3) is 0.667. The third-order valence-electron chi connectivity index (χ3n) is 4.56. The first-order valence-corrected chi connectivity index (χ1v) is 10.0. The van der Waals surface area contributed by atoms with E-state index in [-0.39, 0.29) is 30.1 Å². The molecule has 0 aliphatic heterocycles. The maximum absolute atomic E-state index is 5.90. The minimum atomic E-state index is 0. The van der Waals surface area contributed by atoms with E-state index in [1.54, 1.807) is 0 Å². The van der Waals surface area contributed by atoms with Gasteiger partial charge >= 0.3 is 0 Å². The molecule has 1 atom stereocenters. The summed E-state index contributed by atoms with van der Waals surface area (Å²) in [4.78, 5) is 6.74. The van der Waals surface area contributed by atoms with Gasteiger partial charge in [0.25, 0.3) is 0 Å². The normalized spacial score (nSPS) is 12.6. The van der Waals surface area contributed by atoms with Gasteiger partial charge in [-0.05, 0) is 51.4 Å². The van der Waals surface area contributed by atoms with Crippen LogP contribution in [-0.2, 0) is 4.74 Å². The van der Waals surface area contributed by atoms with Crippen molar-refractivity contribution in [2.45, 2.75) is 46.1 Å². The van der Waals surface area contributed by atoms with Crippen molar-refractivity contribution in [3.63, 3.8) is 0 Å². The Labute approximate surface area is 183 Å². The predicted octanol–water partition coefficient (Wildman–Crippen LogP) is 4.06. The van der Waals surface area contributed by atoms with E-state index in [0.717, 1.165) is 51.6 Å². The molecule has 0 aliphatic rings.